The number of likely N-dealkylation sites (tertiary alicyclic amines) is 1. The maximum Gasteiger partial charge on any atom is 0.246 e. The molecule has 0 aliphatic carbocycles. The van der Waals surface area contributed by atoms with Crippen molar-refractivity contribution in [3.63, 3.8) is 0 Å². The first-order valence-corrected chi connectivity index (χ1v) is 8.02. The van der Waals surface area contributed by atoms with Crippen LogP contribution in [0.25, 0.3) is 6.08 Å². The molecule has 1 fully saturated rings. The van der Waals surface area contributed by atoms with E-state index in [0.29, 0.717) is 18.1 Å². The summed E-state index contributed by atoms with van der Waals surface area (Å²) in [4.78, 5) is 17.2. The zero-order valence-corrected chi connectivity index (χ0v) is 13.4. The van der Waals surface area contributed by atoms with Crippen LogP contribution in [0.2, 0.25) is 5.02 Å². The van der Waals surface area contributed by atoms with Crippen molar-refractivity contribution in [2.45, 2.75) is 5.92 Å². The van der Waals surface area contributed by atoms with Crippen molar-refractivity contribution in [3.8, 4) is 0 Å². The van der Waals surface area contributed by atoms with Crippen molar-refractivity contribution in [2.75, 3.05) is 19.7 Å². The van der Waals surface area contributed by atoms with Crippen LogP contribution in [-0.2, 0) is 4.79 Å². The Labute approximate surface area is 140 Å². The van der Waals surface area contributed by atoms with E-state index >= 15 is 0 Å². The molecule has 1 aromatic heterocycles. The number of aliphatic hydroxyl groups excluding tert-OH is 1. The van der Waals surface area contributed by atoms with Crippen molar-refractivity contribution < 1.29 is 9.90 Å². The number of amides is 1. The third-order valence-electron chi connectivity index (χ3n) is 4.31. The fourth-order valence-corrected chi connectivity index (χ4v) is 3.16. The molecular weight excluding hydrogens is 312 g/mol. The maximum atomic E-state index is 12.4. The maximum absolute atomic E-state index is 12.4. The molecule has 5 heteroatoms. The molecule has 3 rings (SSSR count). The molecule has 1 aliphatic rings. The van der Waals surface area contributed by atoms with Crippen molar-refractivity contribution in [1.29, 1.82) is 0 Å². The molecule has 0 bridgehead atoms. The lowest BCUT2D eigenvalue weighted by Gasteiger charge is -2.16. The van der Waals surface area contributed by atoms with Crippen molar-refractivity contribution in [2.24, 2.45) is 5.92 Å². The average Bonchev–Trinajstić information content (AvgIpc) is 3.22. The van der Waals surface area contributed by atoms with Gasteiger partial charge in [-0.3, -0.25) is 4.79 Å². The van der Waals surface area contributed by atoms with Crippen LogP contribution in [0.4, 0.5) is 0 Å². The number of halogens is 1. The molecule has 2 aromatic rings. The van der Waals surface area contributed by atoms with E-state index in [9.17, 15) is 9.90 Å². The number of rotatable bonds is 4. The van der Waals surface area contributed by atoms with Crippen LogP contribution in [0.3, 0.4) is 0 Å². The lowest BCUT2D eigenvalue weighted by Crippen LogP contribution is -2.27. The van der Waals surface area contributed by atoms with Crippen LogP contribution in [0.5, 0.6) is 0 Å². The Hall–Kier alpha value is -2.04. The van der Waals surface area contributed by atoms with Gasteiger partial charge in [0.2, 0.25) is 5.91 Å². The van der Waals surface area contributed by atoms with Gasteiger partial charge < -0.3 is 15.0 Å². The summed E-state index contributed by atoms with van der Waals surface area (Å²) in [5.74, 6) is 0.161. The quantitative estimate of drug-likeness (QED) is 0.847. The summed E-state index contributed by atoms with van der Waals surface area (Å²) in [6.07, 6.45) is 5.16. The lowest BCUT2D eigenvalue weighted by atomic mass is 9.90. The highest BCUT2D eigenvalue weighted by molar-refractivity contribution is 6.30. The number of nitrogens with zero attached hydrogens (tertiary/aromatic N) is 1. The summed E-state index contributed by atoms with van der Waals surface area (Å²) in [5.41, 5.74) is 2.00. The van der Waals surface area contributed by atoms with Gasteiger partial charge in [0, 0.05) is 54.5 Å². The number of aliphatic hydroxyl groups is 1. The summed E-state index contributed by atoms with van der Waals surface area (Å²) in [6, 6.07) is 11.4. The number of aromatic nitrogens is 1. The molecular formula is C18H19ClN2O2. The van der Waals surface area contributed by atoms with Crippen LogP contribution >= 0.6 is 11.6 Å². The second kappa shape index (κ2) is 7.02. The number of hydrogen-bond donors (Lipinski definition) is 2. The highest BCUT2D eigenvalue weighted by atomic mass is 35.5. The zero-order chi connectivity index (χ0) is 16.2. The van der Waals surface area contributed by atoms with E-state index in [-0.39, 0.29) is 24.3 Å². The molecule has 0 radical (unpaired) electrons. The van der Waals surface area contributed by atoms with E-state index in [4.69, 9.17) is 11.6 Å². The van der Waals surface area contributed by atoms with Crippen LogP contribution in [-0.4, -0.2) is 40.6 Å². The molecule has 0 saturated carbocycles. The summed E-state index contributed by atoms with van der Waals surface area (Å²) < 4.78 is 0. The van der Waals surface area contributed by atoms with E-state index < -0.39 is 0 Å². The Balaban J connectivity index is 1.70. The minimum atomic E-state index is -0.0329. The third-order valence-corrected chi connectivity index (χ3v) is 4.56. The number of carbonyl (C=O) groups excluding carboxylic acids is 1. The monoisotopic (exact) mass is 330 g/mol. The first kappa shape index (κ1) is 15.8. The van der Waals surface area contributed by atoms with Gasteiger partial charge in [-0.1, -0.05) is 23.7 Å². The number of benzene rings is 1. The first-order valence-electron chi connectivity index (χ1n) is 7.64. The molecule has 2 N–H and O–H groups in total. The van der Waals surface area contributed by atoms with E-state index in [1.54, 1.807) is 17.1 Å². The highest BCUT2D eigenvalue weighted by Gasteiger charge is 2.34. The molecule has 23 heavy (non-hydrogen) atoms. The number of carbonyl (C=O) groups is 1. The molecule has 1 saturated heterocycles. The van der Waals surface area contributed by atoms with Gasteiger partial charge in [-0.2, -0.15) is 0 Å². The van der Waals surface area contributed by atoms with Crippen molar-refractivity contribution in [3.05, 3.63) is 65.0 Å². The molecule has 4 nitrogen and oxygen atoms in total. The minimum absolute atomic E-state index is 0.0329. The van der Waals surface area contributed by atoms with Crippen molar-refractivity contribution in [1.82, 2.24) is 9.88 Å². The van der Waals surface area contributed by atoms with Gasteiger partial charge >= 0.3 is 0 Å². The Morgan fingerprint density at radius 3 is 2.74 bits per heavy atom. The van der Waals surface area contributed by atoms with Gasteiger partial charge in [0.15, 0.2) is 0 Å². The first-order chi connectivity index (χ1) is 11.2. The van der Waals surface area contributed by atoms with Gasteiger partial charge in [0.25, 0.3) is 0 Å². The molecule has 1 amide bonds. The predicted octanol–water partition coefficient (Wildman–Crippen LogP) is 2.92. The predicted molar refractivity (Wildman–Crippen MR) is 91.2 cm³/mol. The fraction of sp³-hybridized carbons (Fsp3) is 0.278. The number of aromatic amines is 1. The summed E-state index contributed by atoms with van der Waals surface area (Å²) in [7, 11) is 0. The Morgan fingerprint density at radius 1 is 1.30 bits per heavy atom. The van der Waals surface area contributed by atoms with Gasteiger partial charge in [-0.15, -0.1) is 0 Å². The van der Waals surface area contributed by atoms with Crippen LogP contribution in [0.15, 0.2) is 48.7 Å². The molecule has 0 spiro atoms. The molecule has 120 valence electrons. The van der Waals surface area contributed by atoms with Gasteiger partial charge in [-0.05, 0) is 35.9 Å². The largest absolute Gasteiger partial charge is 0.396 e. The summed E-state index contributed by atoms with van der Waals surface area (Å²) in [6.45, 7) is 1.25. The number of nitrogens with one attached hydrogen (secondary N) is 1. The number of H-pyrrole nitrogens is 1. The SMILES string of the molecule is O=C(/C=C/c1ccc[nH]1)N1C[C@@H](CO)[C@H](c2ccc(Cl)cc2)C1. The van der Waals surface area contributed by atoms with Crippen molar-refractivity contribution >= 4 is 23.6 Å². The minimum Gasteiger partial charge on any atom is -0.396 e. The molecule has 0 unspecified atom stereocenters. The molecule has 1 aromatic carbocycles. The highest BCUT2D eigenvalue weighted by Crippen LogP contribution is 2.33. The molecule has 2 heterocycles. The smallest absolute Gasteiger partial charge is 0.246 e. The van der Waals surface area contributed by atoms with E-state index in [0.717, 1.165) is 11.3 Å². The molecule has 2 atom stereocenters. The Kier molecular flexibility index (Phi) is 4.84. The third kappa shape index (κ3) is 3.66. The Morgan fingerprint density at radius 2 is 2.09 bits per heavy atom. The Bertz CT molecular complexity index is 680. The summed E-state index contributed by atoms with van der Waals surface area (Å²) in [5, 5.41) is 10.3. The standard InChI is InChI=1S/C18H19ClN2O2/c19-15-5-3-13(4-6-15)17-11-21(10-14(17)12-22)18(23)8-7-16-2-1-9-20-16/h1-9,14,17,20,22H,10-12H2/b8-7+/t14-,17-/m0/s1. The van der Waals surface area contributed by atoms with Crippen LogP contribution < -0.4 is 0 Å². The van der Waals surface area contributed by atoms with E-state index in [2.05, 4.69) is 4.98 Å². The van der Waals surface area contributed by atoms with Gasteiger partial charge in [0.05, 0.1) is 0 Å². The average molecular weight is 331 g/mol. The van der Waals surface area contributed by atoms with Gasteiger partial charge in [0.1, 0.15) is 0 Å². The second-order valence-electron chi connectivity index (χ2n) is 5.80. The van der Waals surface area contributed by atoms with E-state index in [1.165, 1.54) is 0 Å². The normalized spacial score (nSPS) is 21.2. The zero-order valence-electron chi connectivity index (χ0n) is 12.7. The van der Waals surface area contributed by atoms with E-state index in [1.807, 2.05) is 42.6 Å². The topological polar surface area (TPSA) is 56.3 Å². The number of hydrogen-bond acceptors (Lipinski definition) is 2. The summed E-state index contributed by atoms with van der Waals surface area (Å²) >= 11 is 5.93. The molecule has 1 aliphatic heterocycles. The van der Waals surface area contributed by atoms with Gasteiger partial charge in [-0.25, -0.2) is 0 Å². The second-order valence-corrected chi connectivity index (χ2v) is 6.24. The fourth-order valence-electron chi connectivity index (χ4n) is 3.04. The lowest BCUT2D eigenvalue weighted by molar-refractivity contribution is -0.125. The van der Waals surface area contributed by atoms with Crippen LogP contribution in [0, 0.1) is 5.92 Å². The van der Waals surface area contributed by atoms with Crippen LogP contribution in [0.1, 0.15) is 17.2 Å².